The van der Waals surface area contributed by atoms with Gasteiger partial charge in [-0.15, -0.1) is 0 Å². The molecule has 12 rings (SSSR count). The van der Waals surface area contributed by atoms with Crippen molar-refractivity contribution in [3.05, 3.63) is 219 Å². The molecular formula is C55H40ClN. The van der Waals surface area contributed by atoms with E-state index in [1.54, 1.807) is 0 Å². The lowest BCUT2D eigenvalue weighted by Gasteiger charge is -2.33. The lowest BCUT2D eigenvalue weighted by Crippen LogP contribution is -2.26. The molecule has 2 heteroatoms. The summed E-state index contributed by atoms with van der Waals surface area (Å²) >= 11 is 6.92. The quantitative estimate of drug-likeness (QED) is 0.174. The number of fused-ring (bicyclic) bond motifs is 16. The Bertz CT molecular complexity index is 2940. The van der Waals surface area contributed by atoms with Crippen molar-refractivity contribution in [3.8, 4) is 44.5 Å². The molecule has 0 saturated heterocycles. The Morgan fingerprint density at radius 1 is 0.316 bits per heavy atom. The summed E-state index contributed by atoms with van der Waals surface area (Å²) in [5, 5.41) is 0.758. The summed E-state index contributed by atoms with van der Waals surface area (Å²) in [7, 11) is 0. The van der Waals surface area contributed by atoms with Crippen LogP contribution in [0.1, 0.15) is 72.2 Å². The number of hydrogen-bond donors (Lipinski definition) is 0. The van der Waals surface area contributed by atoms with Gasteiger partial charge in [0, 0.05) is 32.9 Å². The number of rotatable bonds is 3. The number of nitrogens with zero attached hydrogens (tertiary/aromatic N) is 1. The summed E-state index contributed by atoms with van der Waals surface area (Å²) < 4.78 is 0. The molecule has 8 aromatic rings. The minimum absolute atomic E-state index is 0.130. The Labute approximate surface area is 339 Å². The Kier molecular flexibility index (Phi) is 6.52. The van der Waals surface area contributed by atoms with Crippen molar-refractivity contribution in [3.63, 3.8) is 0 Å². The highest BCUT2D eigenvalue weighted by Crippen LogP contribution is 2.64. The van der Waals surface area contributed by atoms with Crippen LogP contribution in [0.5, 0.6) is 0 Å². The highest BCUT2D eigenvalue weighted by molar-refractivity contribution is 6.30. The molecule has 0 aliphatic heterocycles. The van der Waals surface area contributed by atoms with Crippen LogP contribution in [0.2, 0.25) is 5.02 Å². The maximum Gasteiger partial charge on any atom is 0.0726 e. The minimum atomic E-state index is -0.506. The summed E-state index contributed by atoms with van der Waals surface area (Å²) in [5.41, 5.74) is 23.7. The summed E-state index contributed by atoms with van der Waals surface area (Å²) in [6.07, 6.45) is 0. The molecule has 0 saturated carbocycles. The molecule has 1 nitrogen and oxygen atoms in total. The first-order chi connectivity index (χ1) is 27.7. The topological polar surface area (TPSA) is 3.24 Å². The Balaban J connectivity index is 1.13. The van der Waals surface area contributed by atoms with E-state index in [0.29, 0.717) is 0 Å². The van der Waals surface area contributed by atoms with E-state index >= 15 is 0 Å². The second kappa shape index (κ2) is 11.2. The van der Waals surface area contributed by atoms with Crippen molar-refractivity contribution in [2.24, 2.45) is 0 Å². The van der Waals surface area contributed by atoms with E-state index in [2.05, 4.69) is 196 Å². The van der Waals surface area contributed by atoms with E-state index < -0.39 is 5.41 Å². The fourth-order valence-electron chi connectivity index (χ4n) is 11.3. The van der Waals surface area contributed by atoms with E-state index in [1.165, 1.54) is 89.0 Å². The van der Waals surface area contributed by atoms with E-state index in [1.807, 2.05) is 6.07 Å². The summed E-state index contributed by atoms with van der Waals surface area (Å²) in [5.74, 6) is 0. The van der Waals surface area contributed by atoms with Gasteiger partial charge in [0.25, 0.3) is 0 Å². The molecule has 1 spiro atoms. The summed E-state index contributed by atoms with van der Waals surface area (Å²) in [6, 6.07) is 63.8. The van der Waals surface area contributed by atoms with Crippen LogP contribution in [0.4, 0.5) is 17.1 Å². The van der Waals surface area contributed by atoms with Gasteiger partial charge in [-0.1, -0.05) is 161 Å². The number of anilines is 3. The van der Waals surface area contributed by atoms with E-state index in [4.69, 9.17) is 11.6 Å². The van der Waals surface area contributed by atoms with E-state index in [9.17, 15) is 0 Å². The predicted octanol–water partition coefficient (Wildman–Crippen LogP) is 14.8. The monoisotopic (exact) mass is 749 g/mol. The highest BCUT2D eigenvalue weighted by Gasteiger charge is 2.52. The van der Waals surface area contributed by atoms with Crippen molar-refractivity contribution < 1.29 is 0 Å². The lowest BCUT2D eigenvalue weighted by molar-refractivity contribution is 0.660. The largest absolute Gasteiger partial charge is 0.310 e. The first-order valence-electron chi connectivity index (χ1n) is 20.1. The van der Waals surface area contributed by atoms with Gasteiger partial charge in [-0.05, 0) is 138 Å². The molecule has 1 atom stereocenters. The molecule has 0 fully saturated rings. The number of benzene rings is 8. The molecule has 0 radical (unpaired) electrons. The SMILES string of the molecule is CC1(C)c2ccccc2-c2ccc(N(c3ccc4c(c3)C(C)(C)c3ccccc3-4)c3ccc4c(c3)C3(c5ccccc5-c5ccc(Cl)cc53)c3ccccc3-4)cc21. The van der Waals surface area contributed by atoms with Crippen LogP contribution >= 0.6 is 11.6 Å². The van der Waals surface area contributed by atoms with E-state index in [0.717, 1.165) is 22.1 Å². The van der Waals surface area contributed by atoms with E-state index in [-0.39, 0.29) is 10.8 Å². The second-order valence-corrected chi connectivity index (χ2v) is 17.8. The minimum Gasteiger partial charge on any atom is -0.310 e. The fourth-order valence-corrected chi connectivity index (χ4v) is 11.5. The van der Waals surface area contributed by atoms with Crippen LogP contribution in [-0.2, 0) is 16.2 Å². The summed E-state index contributed by atoms with van der Waals surface area (Å²) in [4.78, 5) is 2.51. The van der Waals surface area contributed by atoms with Crippen LogP contribution in [-0.4, -0.2) is 0 Å². The molecular weight excluding hydrogens is 710 g/mol. The van der Waals surface area contributed by atoms with Gasteiger partial charge in [-0.2, -0.15) is 0 Å². The second-order valence-electron chi connectivity index (χ2n) is 17.4. The highest BCUT2D eigenvalue weighted by atomic mass is 35.5. The van der Waals surface area contributed by atoms with Gasteiger partial charge < -0.3 is 4.90 Å². The van der Waals surface area contributed by atoms with Gasteiger partial charge in [0.15, 0.2) is 0 Å². The smallest absolute Gasteiger partial charge is 0.0726 e. The van der Waals surface area contributed by atoms with Crippen molar-refractivity contribution >= 4 is 28.7 Å². The number of halogens is 1. The zero-order chi connectivity index (χ0) is 38.4. The van der Waals surface area contributed by atoms with Crippen molar-refractivity contribution in [2.75, 3.05) is 4.90 Å². The van der Waals surface area contributed by atoms with Crippen molar-refractivity contribution in [1.29, 1.82) is 0 Å². The molecule has 4 aliphatic carbocycles. The predicted molar refractivity (Wildman–Crippen MR) is 238 cm³/mol. The van der Waals surface area contributed by atoms with Gasteiger partial charge in [-0.25, -0.2) is 0 Å². The molecule has 1 unspecified atom stereocenters. The van der Waals surface area contributed by atoms with Crippen LogP contribution in [0.25, 0.3) is 44.5 Å². The Morgan fingerprint density at radius 2 is 0.632 bits per heavy atom. The molecule has 8 aromatic carbocycles. The first-order valence-corrected chi connectivity index (χ1v) is 20.5. The van der Waals surface area contributed by atoms with Gasteiger partial charge in [0.1, 0.15) is 0 Å². The normalized spacial score (nSPS) is 17.6. The fraction of sp³-hybridized carbons (Fsp3) is 0.127. The van der Waals surface area contributed by atoms with Gasteiger partial charge in [-0.3, -0.25) is 0 Å². The third-order valence-corrected chi connectivity index (χ3v) is 14.2. The average Bonchev–Trinajstić information content (AvgIpc) is 3.86. The standard InChI is InChI=1S/C55H40ClN/c1-53(2)45-17-9-5-13-37(45)41-26-22-34(30-49(41)53)57(35-23-27-42-38-14-6-10-18-46(38)54(3,4)50(42)31-35)36-24-28-44-40-16-8-12-20-48(40)55(52(44)32-36)47-19-11-7-15-39(47)43-25-21-33(56)29-51(43)55/h5-32H,1-4H3. The van der Waals surface area contributed by atoms with Gasteiger partial charge in [0.2, 0.25) is 0 Å². The molecule has 0 N–H and O–H groups in total. The van der Waals surface area contributed by atoms with Crippen LogP contribution < -0.4 is 4.90 Å². The first kappa shape index (κ1) is 33.0. The Morgan fingerprint density at radius 3 is 1.09 bits per heavy atom. The van der Waals surface area contributed by atoms with Crippen LogP contribution in [0.3, 0.4) is 0 Å². The van der Waals surface area contributed by atoms with Crippen molar-refractivity contribution in [2.45, 2.75) is 43.9 Å². The van der Waals surface area contributed by atoms with Crippen molar-refractivity contribution in [1.82, 2.24) is 0 Å². The third-order valence-electron chi connectivity index (χ3n) is 13.9. The maximum atomic E-state index is 6.92. The summed E-state index contributed by atoms with van der Waals surface area (Å²) in [6.45, 7) is 9.49. The number of hydrogen-bond acceptors (Lipinski definition) is 1. The molecule has 0 heterocycles. The zero-order valence-corrected chi connectivity index (χ0v) is 33.2. The van der Waals surface area contributed by atoms with Crippen LogP contribution in [0, 0.1) is 0 Å². The molecule has 0 aromatic heterocycles. The molecule has 0 bridgehead atoms. The average molecular weight is 750 g/mol. The molecule has 57 heavy (non-hydrogen) atoms. The van der Waals surface area contributed by atoms with Gasteiger partial charge >= 0.3 is 0 Å². The third kappa shape index (κ3) is 4.15. The molecule has 0 amide bonds. The lowest BCUT2D eigenvalue weighted by atomic mass is 9.70. The Hall–Kier alpha value is -6.15. The zero-order valence-electron chi connectivity index (χ0n) is 32.5. The maximum absolute atomic E-state index is 6.92. The molecule has 4 aliphatic rings. The molecule has 272 valence electrons. The van der Waals surface area contributed by atoms with Gasteiger partial charge in [0.05, 0.1) is 5.41 Å². The van der Waals surface area contributed by atoms with Crippen LogP contribution in [0.15, 0.2) is 170 Å².